The molecule has 3 atom stereocenters. The predicted molar refractivity (Wildman–Crippen MR) is 91.7 cm³/mol. The monoisotopic (exact) mass is 328 g/mol. The standard InChI is InChI=1S/C20H24O4/c1-21-18-15-23-19(14-22-12-16-8-4-2-5-9-16)20(18)24-13-17-10-6-3-7-11-17/h2-11,18-20H,12-15H2,1H3. The molecule has 0 saturated carbocycles. The summed E-state index contributed by atoms with van der Waals surface area (Å²) in [6.45, 7) is 2.15. The molecule has 0 spiro atoms. The van der Waals surface area contributed by atoms with E-state index in [1.54, 1.807) is 7.11 Å². The van der Waals surface area contributed by atoms with E-state index >= 15 is 0 Å². The molecule has 128 valence electrons. The average Bonchev–Trinajstić information content (AvgIpc) is 3.04. The fourth-order valence-electron chi connectivity index (χ4n) is 2.84. The van der Waals surface area contributed by atoms with Crippen molar-refractivity contribution in [3.63, 3.8) is 0 Å². The third-order valence-electron chi connectivity index (χ3n) is 4.19. The lowest BCUT2D eigenvalue weighted by atomic mass is 10.1. The molecule has 24 heavy (non-hydrogen) atoms. The molecule has 4 heteroatoms. The lowest BCUT2D eigenvalue weighted by molar-refractivity contribution is -0.0798. The Bertz CT molecular complexity index is 587. The van der Waals surface area contributed by atoms with Crippen molar-refractivity contribution in [3.8, 4) is 0 Å². The van der Waals surface area contributed by atoms with Gasteiger partial charge in [0.15, 0.2) is 0 Å². The summed E-state index contributed by atoms with van der Waals surface area (Å²) in [5.74, 6) is 0. The smallest absolute Gasteiger partial charge is 0.115 e. The third-order valence-corrected chi connectivity index (χ3v) is 4.19. The summed E-state index contributed by atoms with van der Waals surface area (Å²) in [7, 11) is 1.69. The Kier molecular flexibility index (Phi) is 6.38. The van der Waals surface area contributed by atoms with Crippen LogP contribution in [0, 0.1) is 0 Å². The van der Waals surface area contributed by atoms with Gasteiger partial charge in [-0.15, -0.1) is 0 Å². The molecule has 0 N–H and O–H groups in total. The van der Waals surface area contributed by atoms with Gasteiger partial charge >= 0.3 is 0 Å². The Hall–Kier alpha value is -1.72. The summed E-state index contributed by atoms with van der Waals surface area (Å²) >= 11 is 0. The number of ether oxygens (including phenoxy) is 4. The quantitative estimate of drug-likeness (QED) is 0.746. The van der Waals surface area contributed by atoms with E-state index in [4.69, 9.17) is 18.9 Å². The van der Waals surface area contributed by atoms with Crippen molar-refractivity contribution in [2.24, 2.45) is 0 Å². The second-order valence-corrected chi connectivity index (χ2v) is 5.91. The number of methoxy groups -OCH3 is 1. The molecule has 0 radical (unpaired) electrons. The van der Waals surface area contributed by atoms with Gasteiger partial charge in [-0.1, -0.05) is 60.7 Å². The highest BCUT2D eigenvalue weighted by atomic mass is 16.6. The van der Waals surface area contributed by atoms with E-state index in [1.807, 2.05) is 36.4 Å². The van der Waals surface area contributed by atoms with E-state index in [2.05, 4.69) is 24.3 Å². The Morgan fingerprint density at radius 2 is 1.54 bits per heavy atom. The van der Waals surface area contributed by atoms with E-state index in [9.17, 15) is 0 Å². The van der Waals surface area contributed by atoms with Crippen LogP contribution >= 0.6 is 0 Å². The molecule has 2 aromatic carbocycles. The van der Waals surface area contributed by atoms with Gasteiger partial charge in [0.1, 0.15) is 18.3 Å². The highest BCUT2D eigenvalue weighted by Gasteiger charge is 2.38. The number of rotatable bonds is 8. The molecule has 4 nitrogen and oxygen atoms in total. The van der Waals surface area contributed by atoms with Crippen LogP contribution in [0.5, 0.6) is 0 Å². The van der Waals surface area contributed by atoms with E-state index in [1.165, 1.54) is 0 Å². The molecule has 0 bridgehead atoms. The number of hydrogen-bond donors (Lipinski definition) is 0. The van der Waals surface area contributed by atoms with Gasteiger partial charge in [-0.3, -0.25) is 0 Å². The fraction of sp³-hybridized carbons (Fsp3) is 0.400. The van der Waals surface area contributed by atoms with Crippen LogP contribution in [0.1, 0.15) is 11.1 Å². The van der Waals surface area contributed by atoms with Crippen molar-refractivity contribution in [1.82, 2.24) is 0 Å². The van der Waals surface area contributed by atoms with Crippen LogP contribution in [0.15, 0.2) is 60.7 Å². The minimum Gasteiger partial charge on any atom is -0.376 e. The predicted octanol–water partition coefficient (Wildman–Crippen LogP) is 3.20. The Balaban J connectivity index is 1.51. The van der Waals surface area contributed by atoms with Gasteiger partial charge < -0.3 is 18.9 Å². The number of hydrogen-bond acceptors (Lipinski definition) is 4. The van der Waals surface area contributed by atoms with Crippen LogP contribution < -0.4 is 0 Å². The summed E-state index contributed by atoms with van der Waals surface area (Å²) in [5.41, 5.74) is 2.30. The average molecular weight is 328 g/mol. The molecule has 0 amide bonds. The molecular weight excluding hydrogens is 304 g/mol. The van der Waals surface area contributed by atoms with E-state index in [0.717, 1.165) is 11.1 Å². The van der Waals surface area contributed by atoms with Gasteiger partial charge in [0, 0.05) is 7.11 Å². The maximum Gasteiger partial charge on any atom is 0.115 e. The van der Waals surface area contributed by atoms with Gasteiger partial charge in [-0.25, -0.2) is 0 Å². The summed E-state index contributed by atoms with van der Waals surface area (Å²) in [4.78, 5) is 0. The molecule has 3 rings (SSSR count). The summed E-state index contributed by atoms with van der Waals surface area (Å²) in [5, 5.41) is 0. The highest BCUT2D eigenvalue weighted by Crippen LogP contribution is 2.22. The van der Waals surface area contributed by atoms with Crippen LogP contribution in [-0.2, 0) is 32.2 Å². The minimum atomic E-state index is -0.119. The molecule has 0 aliphatic carbocycles. The zero-order valence-electron chi connectivity index (χ0n) is 14.0. The summed E-state index contributed by atoms with van der Waals surface area (Å²) in [6, 6.07) is 20.3. The molecule has 1 saturated heterocycles. The normalized spacial score (nSPS) is 23.5. The van der Waals surface area contributed by atoms with Crippen molar-refractivity contribution < 1.29 is 18.9 Å². The molecule has 3 unspecified atom stereocenters. The van der Waals surface area contributed by atoms with Crippen LogP contribution in [-0.4, -0.2) is 38.6 Å². The lowest BCUT2D eigenvalue weighted by Gasteiger charge is -2.22. The van der Waals surface area contributed by atoms with Crippen molar-refractivity contribution in [2.75, 3.05) is 20.3 Å². The fourth-order valence-corrected chi connectivity index (χ4v) is 2.84. The molecule has 1 heterocycles. The molecule has 1 aliphatic rings. The van der Waals surface area contributed by atoms with Crippen LogP contribution in [0.3, 0.4) is 0 Å². The van der Waals surface area contributed by atoms with Crippen molar-refractivity contribution in [3.05, 3.63) is 71.8 Å². The minimum absolute atomic E-state index is 0.0564. The largest absolute Gasteiger partial charge is 0.376 e. The van der Waals surface area contributed by atoms with Crippen LogP contribution in [0.25, 0.3) is 0 Å². The van der Waals surface area contributed by atoms with Gasteiger partial charge in [-0.05, 0) is 11.1 Å². The molecule has 0 aromatic heterocycles. The first-order valence-electron chi connectivity index (χ1n) is 8.28. The zero-order chi connectivity index (χ0) is 16.6. The molecule has 1 aliphatic heterocycles. The van der Waals surface area contributed by atoms with E-state index in [-0.39, 0.29) is 18.3 Å². The van der Waals surface area contributed by atoms with Crippen molar-refractivity contribution in [2.45, 2.75) is 31.5 Å². The first-order valence-corrected chi connectivity index (χ1v) is 8.28. The maximum absolute atomic E-state index is 6.08. The number of benzene rings is 2. The molecule has 2 aromatic rings. The summed E-state index contributed by atoms with van der Waals surface area (Å²) in [6.07, 6.45) is -0.285. The Morgan fingerprint density at radius 1 is 0.917 bits per heavy atom. The highest BCUT2D eigenvalue weighted by molar-refractivity contribution is 5.14. The van der Waals surface area contributed by atoms with Crippen LogP contribution in [0.4, 0.5) is 0 Å². The topological polar surface area (TPSA) is 36.9 Å². The van der Waals surface area contributed by atoms with Gasteiger partial charge in [0.2, 0.25) is 0 Å². The van der Waals surface area contributed by atoms with Crippen LogP contribution in [0.2, 0.25) is 0 Å². The Labute approximate surface area is 143 Å². The second-order valence-electron chi connectivity index (χ2n) is 5.91. The SMILES string of the molecule is COC1COC(COCc2ccccc2)C1OCc1ccccc1. The summed E-state index contributed by atoms with van der Waals surface area (Å²) < 4.78 is 23.2. The van der Waals surface area contributed by atoms with E-state index < -0.39 is 0 Å². The van der Waals surface area contributed by atoms with Gasteiger partial charge in [0.25, 0.3) is 0 Å². The molecule has 1 fully saturated rings. The first-order chi connectivity index (χ1) is 11.9. The van der Waals surface area contributed by atoms with Gasteiger partial charge in [-0.2, -0.15) is 0 Å². The van der Waals surface area contributed by atoms with Crippen molar-refractivity contribution in [1.29, 1.82) is 0 Å². The zero-order valence-corrected chi connectivity index (χ0v) is 14.0. The van der Waals surface area contributed by atoms with Gasteiger partial charge in [0.05, 0.1) is 26.4 Å². The van der Waals surface area contributed by atoms with Crippen molar-refractivity contribution >= 4 is 0 Å². The third kappa shape index (κ3) is 4.65. The lowest BCUT2D eigenvalue weighted by Crippen LogP contribution is -2.36. The maximum atomic E-state index is 6.08. The molecular formula is C20H24O4. The first kappa shape index (κ1) is 17.1. The van der Waals surface area contributed by atoms with E-state index in [0.29, 0.717) is 26.4 Å². The Morgan fingerprint density at radius 3 is 2.17 bits per heavy atom. The second kappa shape index (κ2) is 8.94.